The molecule has 0 atom stereocenters. The Morgan fingerprint density at radius 3 is 0.976 bits per heavy atom. The van der Waals surface area contributed by atoms with Gasteiger partial charge in [-0.2, -0.15) is 0 Å². The van der Waals surface area contributed by atoms with E-state index in [0.29, 0.717) is 12.8 Å². The number of hydrogen-bond acceptors (Lipinski definition) is 3. The minimum atomic E-state index is 0.660. The monoisotopic (exact) mass is 534 g/mol. The van der Waals surface area contributed by atoms with Crippen molar-refractivity contribution in [3.05, 3.63) is 180 Å². The Morgan fingerprint density at radius 1 is 0.293 bits per heavy atom. The largest absolute Gasteiger partial charge is 0.457 e. The van der Waals surface area contributed by atoms with Crippen LogP contribution in [0.4, 0.5) is 0 Å². The van der Waals surface area contributed by atoms with Crippen LogP contribution in [0.1, 0.15) is 22.3 Å². The molecule has 0 saturated heterocycles. The summed E-state index contributed by atoms with van der Waals surface area (Å²) in [5.74, 6) is 4.57. The molecule has 0 bridgehead atoms. The highest BCUT2D eigenvalue weighted by atomic mass is 16.5. The molecule has 0 aliphatic heterocycles. The Morgan fingerprint density at radius 2 is 0.610 bits per heavy atom. The highest BCUT2D eigenvalue weighted by molar-refractivity contribution is 5.54. The highest BCUT2D eigenvalue weighted by Crippen LogP contribution is 2.40. The Kier molecular flexibility index (Phi) is 8.05. The second-order valence-electron chi connectivity index (χ2n) is 9.72. The van der Waals surface area contributed by atoms with Gasteiger partial charge in [0.05, 0.1) is 0 Å². The average molecular weight is 535 g/mol. The molecule has 0 aromatic heterocycles. The Balaban J connectivity index is 1.41. The van der Waals surface area contributed by atoms with E-state index >= 15 is 0 Å². The molecule has 0 radical (unpaired) electrons. The average Bonchev–Trinajstić information content (AvgIpc) is 3.02. The fourth-order valence-electron chi connectivity index (χ4n) is 4.77. The van der Waals surface area contributed by atoms with E-state index in [2.05, 4.69) is 48.5 Å². The topological polar surface area (TPSA) is 27.7 Å². The molecule has 0 spiro atoms. The Labute approximate surface area is 241 Å². The molecular weight excluding hydrogens is 504 g/mol. The molecule has 3 heteroatoms. The molecule has 3 nitrogen and oxygen atoms in total. The lowest BCUT2D eigenvalue weighted by atomic mass is 10.0. The van der Waals surface area contributed by atoms with Crippen LogP contribution in [0.2, 0.25) is 0 Å². The minimum Gasteiger partial charge on any atom is -0.457 e. The van der Waals surface area contributed by atoms with Gasteiger partial charge in [-0.25, -0.2) is 0 Å². The molecule has 0 N–H and O–H groups in total. The van der Waals surface area contributed by atoms with Crippen LogP contribution in [0.25, 0.3) is 0 Å². The first kappa shape index (κ1) is 26.0. The quantitative estimate of drug-likeness (QED) is 0.175. The summed E-state index contributed by atoms with van der Waals surface area (Å²) in [6.45, 7) is 0. The Hall–Kier alpha value is -5.28. The van der Waals surface area contributed by atoms with Gasteiger partial charge in [0.25, 0.3) is 0 Å². The van der Waals surface area contributed by atoms with Crippen LogP contribution in [-0.4, -0.2) is 0 Å². The summed E-state index contributed by atoms with van der Waals surface area (Å²) >= 11 is 0. The molecule has 200 valence electrons. The maximum absolute atomic E-state index is 6.78. The molecule has 6 rings (SSSR count). The maximum Gasteiger partial charge on any atom is 0.134 e. The molecule has 6 aromatic rings. The van der Waals surface area contributed by atoms with Gasteiger partial charge in [-0.3, -0.25) is 0 Å². The molecule has 0 saturated carbocycles. The fraction of sp³-hybridized carbons (Fsp3) is 0.0526. The van der Waals surface area contributed by atoms with Gasteiger partial charge in [-0.15, -0.1) is 0 Å². The minimum absolute atomic E-state index is 0.660. The SMILES string of the molecule is c1ccc(Cc2c(Oc3ccccc3)cccc2Oc2cccc(Oc3ccccc3)c2Cc2ccccc2)cc1. The van der Waals surface area contributed by atoms with Gasteiger partial charge in [0.1, 0.15) is 34.5 Å². The van der Waals surface area contributed by atoms with Crippen molar-refractivity contribution < 1.29 is 14.2 Å². The highest BCUT2D eigenvalue weighted by Gasteiger charge is 2.18. The predicted octanol–water partition coefficient (Wildman–Crippen LogP) is 10.2. The number of ether oxygens (including phenoxy) is 3. The van der Waals surface area contributed by atoms with Crippen LogP contribution in [0, 0.1) is 0 Å². The summed E-state index contributed by atoms with van der Waals surface area (Å²) in [5.41, 5.74) is 4.30. The molecular formula is C38H30O3. The van der Waals surface area contributed by atoms with Crippen molar-refractivity contribution in [1.29, 1.82) is 0 Å². The second kappa shape index (κ2) is 12.7. The van der Waals surface area contributed by atoms with Gasteiger partial charge < -0.3 is 14.2 Å². The first-order chi connectivity index (χ1) is 20.3. The molecule has 0 aliphatic carbocycles. The first-order valence-corrected chi connectivity index (χ1v) is 13.8. The van der Waals surface area contributed by atoms with E-state index in [1.807, 2.05) is 109 Å². The maximum atomic E-state index is 6.78. The van der Waals surface area contributed by atoms with Crippen molar-refractivity contribution in [2.24, 2.45) is 0 Å². The first-order valence-electron chi connectivity index (χ1n) is 13.8. The lowest BCUT2D eigenvalue weighted by Gasteiger charge is -2.19. The van der Waals surface area contributed by atoms with E-state index in [9.17, 15) is 0 Å². The smallest absolute Gasteiger partial charge is 0.134 e. The number of para-hydroxylation sites is 2. The third-order valence-corrected chi connectivity index (χ3v) is 6.79. The third-order valence-electron chi connectivity index (χ3n) is 6.79. The van der Waals surface area contributed by atoms with Crippen LogP contribution >= 0.6 is 0 Å². The molecule has 0 fully saturated rings. The van der Waals surface area contributed by atoms with Gasteiger partial charge in [0.15, 0.2) is 0 Å². The van der Waals surface area contributed by atoms with E-state index in [1.54, 1.807) is 0 Å². The van der Waals surface area contributed by atoms with Crippen LogP contribution in [0.3, 0.4) is 0 Å². The van der Waals surface area contributed by atoms with Gasteiger partial charge >= 0.3 is 0 Å². The summed E-state index contributed by atoms with van der Waals surface area (Å²) in [5, 5.41) is 0. The third kappa shape index (κ3) is 6.66. The lowest BCUT2D eigenvalue weighted by Crippen LogP contribution is -2.01. The van der Waals surface area contributed by atoms with Crippen LogP contribution in [0.5, 0.6) is 34.5 Å². The van der Waals surface area contributed by atoms with Crippen molar-refractivity contribution in [3.8, 4) is 34.5 Å². The van der Waals surface area contributed by atoms with Gasteiger partial charge in [0.2, 0.25) is 0 Å². The molecule has 0 aliphatic rings. The normalized spacial score (nSPS) is 10.6. The van der Waals surface area contributed by atoms with Crippen molar-refractivity contribution >= 4 is 0 Å². The van der Waals surface area contributed by atoms with Crippen LogP contribution in [0.15, 0.2) is 158 Å². The summed E-state index contributed by atoms with van der Waals surface area (Å²) in [4.78, 5) is 0. The lowest BCUT2D eigenvalue weighted by molar-refractivity contribution is 0.438. The molecule has 0 heterocycles. The van der Waals surface area contributed by atoms with Gasteiger partial charge in [0, 0.05) is 24.0 Å². The van der Waals surface area contributed by atoms with Crippen molar-refractivity contribution in [1.82, 2.24) is 0 Å². The van der Waals surface area contributed by atoms with Crippen molar-refractivity contribution in [2.75, 3.05) is 0 Å². The molecule has 6 aromatic carbocycles. The second-order valence-corrected chi connectivity index (χ2v) is 9.72. The fourth-order valence-corrected chi connectivity index (χ4v) is 4.77. The van der Waals surface area contributed by atoms with Crippen LogP contribution < -0.4 is 14.2 Å². The predicted molar refractivity (Wildman–Crippen MR) is 164 cm³/mol. The number of rotatable bonds is 10. The zero-order chi connectivity index (χ0) is 27.7. The summed E-state index contributed by atoms with van der Waals surface area (Å²) in [6, 6.07) is 52.4. The Bertz CT molecular complexity index is 1550. The zero-order valence-corrected chi connectivity index (χ0v) is 22.7. The molecule has 41 heavy (non-hydrogen) atoms. The number of hydrogen-bond donors (Lipinski definition) is 0. The van der Waals surface area contributed by atoms with Crippen LogP contribution in [-0.2, 0) is 12.8 Å². The number of benzene rings is 6. The summed E-state index contributed by atoms with van der Waals surface area (Å²) < 4.78 is 19.5. The van der Waals surface area contributed by atoms with E-state index in [0.717, 1.165) is 45.6 Å². The van der Waals surface area contributed by atoms with E-state index in [-0.39, 0.29) is 0 Å². The summed E-state index contributed by atoms with van der Waals surface area (Å²) in [6.07, 6.45) is 1.32. The molecule has 0 unspecified atom stereocenters. The van der Waals surface area contributed by atoms with Gasteiger partial charge in [-0.1, -0.05) is 109 Å². The van der Waals surface area contributed by atoms with Crippen molar-refractivity contribution in [2.45, 2.75) is 12.8 Å². The molecule has 0 amide bonds. The van der Waals surface area contributed by atoms with E-state index in [1.165, 1.54) is 11.1 Å². The zero-order valence-electron chi connectivity index (χ0n) is 22.7. The standard InChI is InChI=1S/C38H30O3/c1-5-15-29(16-6-1)27-33-35(39-31-19-9-3-10-20-31)23-13-25-37(33)41-38-26-14-24-36(40-32-21-11-4-12-22-32)34(38)28-30-17-7-2-8-18-30/h1-26H,27-28H2. The van der Waals surface area contributed by atoms with E-state index in [4.69, 9.17) is 14.2 Å². The summed E-state index contributed by atoms with van der Waals surface area (Å²) in [7, 11) is 0. The van der Waals surface area contributed by atoms with E-state index < -0.39 is 0 Å². The van der Waals surface area contributed by atoms with Crippen molar-refractivity contribution in [3.63, 3.8) is 0 Å². The van der Waals surface area contributed by atoms with Gasteiger partial charge in [-0.05, 0) is 59.7 Å².